The molecule has 0 aliphatic heterocycles. The third-order valence-corrected chi connectivity index (χ3v) is 3.51. The van der Waals surface area contributed by atoms with Crippen molar-refractivity contribution in [3.05, 3.63) is 29.8 Å². The van der Waals surface area contributed by atoms with E-state index in [1.165, 1.54) is 16.9 Å². The van der Waals surface area contributed by atoms with Crippen molar-refractivity contribution >= 4 is 11.8 Å². The summed E-state index contributed by atoms with van der Waals surface area (Å²) >= 11 is 1.92. The monoisotopic (exact) mass is 223 g/mol. The van der Waals surface area contributed by atoms with E-state index in [4.69, 9.17) is 0 Å². The Hall–Kier alpha value is -0.470. The molecular weight excluding hydrogens is 202 g/mol. The Morgan fingerprint density at radius 1 is 1.27 bits per heavy atom. The van der Waals surface area contributed by atoms with Crippen LogP contribution in [0.4, 0.5) is 0 Å². The molecule has 1 atom stereocenters. The Balaban J connectivity index is 2.17. The van der Waals surface area contributed by atoms with E-state index < -0.39 is 0 Å². The normalized spacial score (nSPS) is 12.7. The summed E-state index contributed by atoms with van der Waals surface area (Å²) in [7, 11) is 0. The Bertz CT molecular complexity index is 268. The first kappa shape index (κ1) is 12.6. The van der Waals surface area contributed by atoms with E-state index in [-0.39, 0.29) is 0 Å². The average Bonchev–Trinajstić information content (AvgIpc) is 2.26. The highest BCUT2D eigenvalue weighted by molar-refractivity contribution is 7.99. The molecule has 1 N–H and O–H groups in total. The van der Waals surface area contributed by atoms with Crippen LogP contribution in [0.25, 0.3) is 0 Å². The van der Waals surface area contributed by atoms with Gasteiger partial charge in [0.05, 0.1) is 0 Å². The number of benzene rings is 1. The predicted molar refractivity (Wildman–Crippen MR) is 69.7 cm³/mol. The fourth-order valence-electron chi connectivity index (χ4n) is 1.25. The first-order valence-corrected chi connectivity index (χ1v) is 6.63. The van der Waals surface area contributed by atoms with Crippen LogP contribution in [0.5, 0.6) is 0 Å². The molecule has 0 spiro atoms. The van der Waals surface area contributed by atoms with Gasteiger partial charge in [-0.2, -0.15) is 0 Å². The summed E-state index contributed by atoms with van der Waals surface area (Å²) in [6.07, 6.45) is 1.20. The first-order valence-electron chi connectivity index (χ1n) is 5.65. The van der Waals surface area contributed by atoms with Crippen molar-refractivity contribution in [2.75, 3.05) is 12.3 Å². The second kappa shape index (κ2) is 6.91. The lowest BCUT2D eigenvalue weighted by atomic mass is 10.2. The molecule has 1 rings (SSSR count). The van der Waals surface area contributed by atoms with Crippen molar-refractivity contribution in [1.82, 2.24) is 5.32 Å². The van der Waals surface area contributed by atoms with Crippen LogP contribution in [0, 0.1) is 6.92 Å². The SMILES string of the molecule is CCC(C)NCCSc1ccc(C)cc1. The van der Waals surface area contributed by atoms with Gasteiger partial charge in [0.2, 0.25) is 0 Å². The molecular formula is C13H21NS. The summed E-state index contributed by atoms with van der Waals surface area (Å²) < 4.78 is 0. The quantitative estimate of drug-likeness (QED) is 0.585. The van der Waals surface area contributed by atoms with Gasteiger partial charge >= 0.3 is 0 Å². The van der Waals surface area contributed by atoms with Crippen LogP contribution in [0.1, 0.15) is 25.8 Å². The fourth-order valence-corrected chi connectivity index (χ4v) is 2.04. The molecule has 0 radical (unpaired) electrons. The molecule has 0 aliphatic carbocycles. The summed E-state index contributed by atoms with van der Waals surface area (Å²) in [5.74, 6) is 1.15. The lowest BCUT2D eigenvalue weighted by Crippen LogP contribution is -2.27. The molecule has 0 bridgehead atoms. The van der Waals surface area contributed by atoms with Gasteiger partial charge in [0.25, 0.3) is 0 Å². The van der Waals surface area contributed by atoms with Gasteiger partial charge in [-0.15, -0.1) is 11.8 Å². The van der Waals surface area contributed by atoms with E-state index in [2.05, 4.69) is 50.4 Å². The Morgan fingerprint density at radius 2 is 1.93 bits per heavy atom. The summed E-state index contributed by atoms with van der Waals surface area (Å²) in [5.41, 5.74) is 1.33. The molecule has 0 heterocycles. The van der Waals surface area contributed by atoms with Crippen molar-refractivity contribution in [1.29, 1.82) is 0 Å². The van der Waals surface area contributed by atoms with Crippen LogP contribution in [-0.4, -0.2) is 18.3 Å². The van der Waals surface area contributed by atoms with Crippen LogP contribution in [0.2, 0.25) is 0 Å². The van der Waals surface area contributed by atoms with Crippen molar-refractivity contribution in [2.45, 2.75) is 38.1 Å². The van der Waals surface area contributed by atoms with E-state index in [0.717, 1.165) is 12.3 Å². The second-order valence-corrected chi connectivity index (χ2v) is 5.09. The fraction of sp³-hybridized carbons (Fsp3) is 0.538. The van der Waals surface area contributed by atoms with E-state index in [0.29, 0.717) is 6.04 Å². The minimum Gasteiger partial charge on any atom is -0.313 e. The molecule has 1 aromatic carbocycles. The Morgan fingerprint density at radius 3 is 2.53 bits per heavy atom. The molecule has 0 amide bonds. The van der Waals surface area contributed by atoms with E-state index in [1.807, 2.05) is 11.8 Å². The molecule has 15 heavy (non-hydrogen) atoms. The molecule has 84 valence electrons. The summed E-state index contributed by atoms with van der Waals surface area (Å²) in [4.78, 5) is 1.37. The smallest absolute Gasteiger partial charge is 0.0106 e. The Kier molecular flexibility index (Phi) is 5.81. The second-order valence-electron chi connectivity index (χ2n) is 3.92. The number of nitrogens with one attached hydrogen (secondary N) is 1. The molecule has 1 aromatic rings. The molecule has 2 heteroatoms. The maximum absolute atomic E-state index is 3.49. The third kappa shape index (κ3) is 5.24. The summed E-state index contributed by atoms with van der Waals surface area (Å²) in [5, 5.41) is 3.49. The van der Waals surface area contributed by atoms with Crippen LogP contribution in [-0.2, 0) is 0 Å². The van der Waals surface area contributed by atoms with Crippen LogP contribution in [0.15, 0.2) is 29.2 Å². The Labute approximate surface area is 97.7 Å². The standard InChI is InChI=1S/C13H21NS/c1-4-12(3)14-9-10-15-13-7-5-11(2)6-8-13/h5-8,12,14H,4,9-10H2,1-3H3. The zero-order valence-electron chi connectivity index (χ0n) is 9.92. The molecule has 0 aromatic heterocycles. The number of hydrogen-bond acceptors (Lipinski definition) is 2. The number of aryl methyl sites for hydroxylation is 1. The highest BCUT2D eigenvalue weighted by Crippen LogP contribution is 2.17. The van der Waals surface area contributed by atoms with Crippen LogP contribution in [0.3, 0.4) is 0 Å². The highest BCUT2D eigenvalue weighted by Gasteiger charge is 1.97. The molecule has 0 fully saturated rings. The minimum absolute atomic E-state index is 0.642. The van der Waals surface area contributed by atoms with E-state index >= 15 is 0 Å². The van der Waals surface area contributed by atoms with Gasteiger partial charge in [0.1, 0.15) is 0 Å². The average molecular weight is 223 g/mol. The molecule has 1 nitrogen and oxygen atoms in total. The minimum atomic E-state index is 0.642. The van der Waals surface area contributed by atoms with Gasteiger partial charge in [0, 0.05) is 23.2 Å². The zero-order valence-corrected chi connectivity index (χ0v) is 10.7. The maximum Gasteiger partial charge on any atom is 0.0106 e. The largest absolute Gasteiger partial charge is 0.313 e. The van der Waals surface area contributed by atoms with Crippen LogP contribution >= 0.6 is 11.8 Å². The zero-order chi connectivity index (χ0) is 11.1. The number of thioether (sulfide) groups is 1. The van der Waals surface area contributed by atoms with Gasteiger partial charge in [-0.25, -0.2) is 0 Å². The van der Waals surface area contributed by atoms with Crippen LogP contribution < -0.4 is 5.32 Å². The molecule has 0 saturated heterocycles. The molecule has 0 aliphatic rings. The highest BCUT2D eigenvalue weighted by atomic mass is 32.2. The van der Waals surface area contributed by atoms with Gasteiger partial charge in [-0.3, -0.25) is 0 Å². The van der Waals surface area contributed by atoms with E-state index in [9.17, 15) is 0 Å². The van der Waals surface area contributed by atoms with Crippen molar-refractivity contribution in [3.63, 3.8) is 0 Å². The first-order chi connectivity index (χ1) is 7.22. The van der Waals surface area contributed by atoms with Gasteiger partial charge in [-0.05, 0) is 32.4 Å². The lowest BCUT2D eigenvalue weighted by molar-refractivity contribution is 0.555. The molecule has 0 saturated carbocycles. The number of hydrogen-bond donors (Lipinski definition) is 1. The van der Waals surface area contributed by atoms with Crippen molar-refractivity contribution in [2.24, 2.45) is 0 Å². The lowest BCUT2D eigenvalue weighted by Gasteiger charge is -2.10. The molecule has 1 unspecified atom stereocenters. The number of rotatable bonds is 6. The summed E-state index contributed by atoms with van der Waals surface area (Å²) in [6, 6.07) is 9.38. The van der Waals surface area contributed by atoms with E-state index in [1.54, 1.807) is 0 Å². The summed E-state index contributed by atoms with van der Waals surface area (Å²) in [6.45, 7) is 7.66. The van der Waals surface area contributed by atoms with Crippen molar-refractivity contribution < 1.29 is 0 Å². The predicted octanol–water partition coefficient (Wildman–Crippen LogP) is 3.48. The van der Waals surface area contributed by atoms with Gasteiger partial charge < -0.3 is 5.32 Å². The maximum atomic E-state index is 3.49. The van der Waals surface area contributed by atoms with Gasteiger partial charge in [-0.1, -0.05) is 24.6 Å². The van der Waals surface area contributed by atoms with Gasteiger partial charge in [0.15, 0.2) is 0 Å². The third-order valence-electron chi connectivity index (χ3n) is 2.50. The topological polar surface area (TPSA) is 12.0 Å². The van der Waals surface area contributed by atoms with Crippen molar-refractivity contribution in [3.8, 4) is 0 Å².